The molecule has 1 unspecified atom stereocenters. The van der Waals surface area contributed by atoms with E-state index in [2.05, 4.69) is 37.8 Å². The van der Waals surface area contributed by atoms with Crippen LogP contribution in [0.4, 0.5) is 0 Å². The Kier molecular flexibility index (Phi) is 5.02. The molecule has 4 nitrogen and oxygen atoms in total. The van der Waals surface area contributed by atoms with Gasteiger partial charge in [0.05, 0.1) is 5.54 Å². The zero-order chi connectivity index (χ0) is 13.4. The molecule has 0 aliphatic heterocycles. The van der Waals surface area contributed by atoms with E-state index in [0.29, 0.717) is 11.7 Å². The third-order valence-corrected chi connectivity index (χ3v) is 4.37. The molecular weight excluding hydrogens is 262 g/mol. The number of rotatable bonds is 3. The lowest BCUT2D eigenvalue weighted by atomic mass is 9.80. The summed E-state index contributed by atoms with van der Waals surface area (Å²) in [5.41, 5.74) is 6.24. The molecule has 1 atom stereocenters. The third-order valence-electron chi connectivity index (χ3n) is 4.37. The van der Waals surface area contributed by atoms with Crippen LogP contribution in [0.2, 0.25) is 0 Å². The van der Waals surface area contributed by atoms with Crippen LogP contribution in [0.3, 0.4) is 0 Å². The Hall–Kier alpha value is -0.610. The Balaban J connectivity index is 0.00000180. The monoisotopic (exact) mass is 287 g/mol. The van der Waals surface area contributed by atoms with Crippen molar-refractivity contribution in [2.75, 3.05) is 0 Å². The summed E-state index contributed by atoms with van der Waals surface area (Å²) >= 11 is 0. The first-order chi connectivity index (χ1) is 8.31. The Morgan fingerprint density at radius 1 is 1.32 bits per heavy atom. The molecule has 1 heterocycles. The summed E-state index contributed by atoms with van der Waals surface area (Å²) in [4.78, 5) is 4.51. The van der Waals surface area contributed by atoms with Crippen molar-refractivity contribution in [2.24, 2.45) is 17.1 Å². The van der Waals surface area contributed by atoms with Crippen LogP contribution in [-0.2, 0) is 12.0 Å². The number of halogens is 1. The maximum Gasteiger partial charge on any atom is 0.227 e. The highest BCUT2D eigenvalue weighted by molar-refractivity contribution is 5.85. The molecule has 110 valence electrons. The Labute approximate surface area is 121 Å². The average Bonchev–Trinajstić information content (AvgIpc) is 2.86. The van der Waals surface area contributed by atoms with Gasteiger partial charge in [0.25, 0.3) is 0 Å². The molecule has 1 aromatic heterocycles. The molecule has 0 bridgehead atoms. The summed E-state index contributed by atoms with van der Waals surface area (Å²) in [5.74, 6) is 1.93. The molecule has 1 aliphatic rings. The van der Waals surface area contributed by atoms with Gasteiger partial charge in [-0.05, 0) is 24.2 Å². The van der Waals surface area contributed by atoms with E-state index in [1.54, 1.807) is 0 Å². The van der Waals surface area contributed by atoms with Crippen LogP contribution in [0.25, 0.3) is 0 Å². The van der Waals surface area contributed by atoms with Gasteiger partial charge in [-0.15, -0.1) is 12.4 Å². The summed E-state index contributed by atoms with van der Waals surface area (Å²) < 4.78 is 5.37. The second-order valence-electron chi connectivity index (χ2n) is 6.85. The largest absolute Gasteiger partial charge is 0.339 e. The fourth-order valence-electron chi connectivity index (χ4n) is 2.34. The zero-order valence-corrected chi connectivity index (χ0v) is 13.2. The van der Waals surface area contributed by atoms with E-state index in [0.717, 1.165) is 25.2 Å². The molecule has 0 aromatic carbocycles. The molecule has 2 rings (SSSR count). The highest BCUT2D eigenvalue weighted by atomic mass is 35.5. The van der Waals surface area contributed by atoms with Gasteiger partial charge in [0.2, 0.25) is 5.89 Å². The lowest BCUT2D eigenvalue weighted by Gasteiger charge is -2.25. The second kappa shape index (κ2) is 5.80. The Morgan fingerprint density at radius 2 is 1.89 bits per heavy atom. The molecule has 2 N–H and O–H groups in total. The van der Waals surface area contributed by atoms with E-state index in [1.807, 2.05) is 0 Å². The van der Waals surface area contributed by atoms with E-state index >= 15 is 0 Å². The van der Waals surface area contributed by atoms with Gasteiger partial charge in [-0.1, -0.05) is 45.7 Å². The van der Waals surface area contributed by atoms with Crippen molar-refractivity contribution in [2.45, 2.75) is 65.3 Å². The molecule has 1 aliphatic carbocycles. The molecule has 1 fully saturated rings. The van der Waals surface area contributed by atoms with Crippen LogP contribution in [-0.4, -0.2) is 10.1 Å². The van der Waals surface area contributed by atoms with Gasteiger partial charge in [0.15, 0.2) is 5.82 Å². The molecule has 0 spiro atoms. The van der Waals surface area contributed by atoms with Crippen molar-refractivity contribution in [3.63, 3.8) is 0 Å². The van der Waals surface area contributed by atoms with Crippen molar-refractivity contribution in [3.05, 3.63) is 11.7 Å². The highest BCUT2D eigenvalue weighted by Crippen LogP contribution is 2.35. The van der Waals surface area contributed by atoms with Crippen molar-refractivity contribution < 1.29 is 4.52 Å². The SMILES string of the molecule is CC(Cc1nc(C2(N)CCCC2)no1)C(C)(C)C.Cl. The number of nitrogens with zero attached hydrogens (tertiary/aromatic N) is 2. The Bertz CT molecular complexity index is 405. The first-order valence-electron chi connectivity index (χ1n) is 6.93. The summed E-state index contributed by atoms with van der Waals surface area (Å²) in [5, 5.41) is 4.09. The Morgan fingerprint density at radius 3 is 2.42 bits per heavy atom. The van der Waals surface area contributed by atoms with Crippen LogP contribution < -0.4 is 5.73 Å². The summed E-state index contributed by atoms with van der Waals surface area (Å²) in [6.07, 6.45) is 5.10. The minimum Gasteiger partial charge on any atom is -0.339 e. The molecule has 1 saturated carbocycles. The van der Waals surface area contributed by atoms with Gasteiger partial charge in [0, 0.05) is 6.42 Å². The van der Waals surface area contributed by atoms with Crippen molar-refractivity contribution in [1.29, 1.82) is 0 Å². The van der Waals surface area contributed by atoms with Gasteiger partial charge >= 0.3 is 0 Å². The number of aromatic nitrogens is 2. The summed E-state index contributed by atoms with van der Waals surface area (Å²) in [7, 11) is 0. The maximum absolute atomic E-state index is 6.33. The molecular formula is C14H26ClN3O. The quantitative estimate of drug-likeness (QED) is 0.925. The fraction of sp³-hybridized carbons (Fsp3) is 0.857. The smallest absolute Gasteiger partial charge is 0.227 e. The van der Waals surface area contributed by atoms with E-state index < -0.39 is 0 Å². The van der Waals surface area contributed by atoms with Gasteiger partial charge in [0.1, 0.15) is 0 Å². The molecule has 0 amide bonds. The summed E-state index contributed by atoms with van der Waals surface area (Å²) in [6, 6.07) is 0. The normalized spacial score (nSPS) is 20.1. The van der Waals surface area contributed by atoms with Crippen molar-refractivity contribution in [3.8, 4) is 0 Å². The van der Waals surface area contributed by atoms with Crippen LogP contribution in [0, 0.1) is 11.3 Å². The lowest BCUT2D eigenvalue weighted by Crippen LogP contribution is -2.34. The van der Waals surface area contributed by atoms with Crippen LogP contribution in [0.1, 0.15) is 65.1 Å². The van der Waals surface area contributed by atoms with Gasteiger partial charge in [-0.25, -0.2) is 0 Å². The van der Waals surface area contributed by atoms with Crippen LogP contribution in [0.15, 0.2) is 4.52 Å². The van der Waals surface area contributed by atoms with Crippen molar-refractivity contribution >= 4 is 12.4 Å². The van der Waals surface area contributed by atoms with E-state index in [4.69, 9.17) is 10.3 Å². The number of hydrogen-bond donors (Lipinski definition) is 1. The molecule has 19 heavy (non-hydrogen) atoms. The molecule has 0 radical (unpaired) electrons. The highest BCUT2D eigenvalue weighted by Gasteiger charge is 2.36. The fourth-order valence-corrected chi connectivity index (χ4v) is 2.34. The van der Waals surface area contributed by atoms with Crippen molar-refractivity contribution in [1.82, 2.24) is 10.1 Å². The first kappa shape index (κ1) is 16.4. The minimum absolute atomic E-state index is 0. The number of hydrogen-bond acceptors (Lipinski definition) is 4. The third kappa shape index (κ3) is 3.69. The average molecular weight is 288 g/mol. The van der Waals surface area contributed by atoms with E-state index in [-0.39, 0.29) is 23.4 Å². The predicted molar refractivity (Wildman–Crippen MR) is 78.2 cm³/mol. The van der Waals surface area contributed by atoms with Gasteiger partial charge in [-0.3, -0.25) is 0 Å². The second-order valence-corrected chi connectivity index (χ2v) is 6.85. The molecule has 5 heteroatoms. The van der Waals surface area contributed by atoms with E-state index in [1.165, 1.54) is 12.8 Å². The first-order valence-corrected chi connectivity index (χ1v) is 6.93. The van der Waals surface area contributed by atoms with Crippen LogP contribution >= 0.6 is 12.4 Å². The molecule has 0 saturated heterocycles. The maximum atomic E-state index is 6.33. The van der Waals surface area contributed by atoms with Gasteiger partial charge < -0.3 is 10.3 Å². The molecule has 1 aromatic rings. The standard InChI is InChI=1S/C14H25N3O.ClH/c1-10(13(2,3)4)9-11-16-12(17-18-11)14(15)7-5-6-8-14;/h10H,5-9,15H2,1-4H3;1H. The summed E-state index contributed by atoms with van der Waals surface area (Å²) in [6.45, 7) is 8.92. The van der Waals surface area contributed by atoms with E-state index in [9.17, 15) is 0 Å². The van der Waals surface area contributed by atoms with Gasteiger partial charge in [-0.2, -0.15) is 4.98 Å². The van der Waals surface area contributed by atoms with Crippen LogP contribution in [0.5, 0.6) is 0 Å². The lowest BCUT2D eigenvalue weighted by molar-refractivity contribution is 0.236. The minimum atomic E-state index is -0.341. The number of nitrogens with two attached hydrogens (primary N) is 1. The predicted octanol–water partition coefficient (Wildman–Crippen LogP) is 3.44. The topological polar surface area (TPSA) is 64.9 Å². The zero-order valence-electron chi connectivity index (χ0n) is 12.4.